The summed E-state index contributed by atoms with van der Waals surface area (Å²) in [4.78, 5) is 16.1. The lowest BCUT2D eigenvalue weighted by atomic mass is 9.87. The second-order valence-electron chi connectivity index (χ2n) is 4.33. The molecule has 1 fully saturated rings. The first-order chi connectivity index (χ1) is 8.27. The molecule has 90 valence electrons. The van der Waals surface area contributed by atoms with E-state index in [1.165, 1.54) is 0 Å². The zero-order valence-corrected chi connectivity index (χ0v) is 10.4. The van der Waals surface area contributed by atoms with Crippen molar-refractivity contribution in [2.45, 2.75) is 32.1 Å². The Morgan fingerprint density at radius 2 is 2.35 bits per heavy atom. The molecule has 0 spiro atoms. The van der Waals surface area contributed by atoms with Gasteiger partial charge >= 0.3 is 0 Å². The van der Waals surface area contributed by atoms with Crippen LogP contribution >= 0.6 is 11.3 Å². The minimum absolute atomic E-state index is 0.103. The van der Waals surface area contributed by atoms with Crippen molar-refractivity contribution in [1.82, 2.24) is 10.3 Å². The van der Waals surface area contributed by atoms with Gasteiger partial charge in [-0.3, -0.25) is 4.79 Å². The summed E-state index contributed by atoms with van der Waals surface area (Å²) in [6.45, 7) is 0.565. The SMILES string of the molecule is N#CC1(C(=O)NCCc2nccs2)CCCC1. The third kappa shape index (κ3) is 2.64. The van der Waals surface area contributed by atoms with E-state index in [0.717, 1.165) is 24.3 Å². The Morgan fingerprint density at radius 3 is 2.94 bits per heavy atom. The van der Waals surface area contributed by atoms with Crippen LogP contribution in [-0.2, 0) is 11.2 Å². The summed E-state index contributed by atoms with van der Waals surface area (Å²) in [7, 11) is 0. The Morgan fingerprint density at radius 1 is 1.59 bits per heavy atom. The van der Waals surface area contributed by atoms with Crippen LogP contribution < -0.4 is 5.32 Å². The van der Waals surface area contributed by atoms with Crippen LogP contribution in [0.2, 0.25) is 0 Å². The molecule has 17 heavy (non-hydrogen) atoms. The minimum Gasteiger partial charge on any atom is -0.354 e. The zero-order chi connectivity index (χ0) is 12.1. The fourth-order valence-corrected chi connectivity index (χ4v) is 2.82. The summed E-state index contributed by atoms with van der Waals surface area (Å²) >= 11 is 1.58. The van der Waals surface area contributed by atoms with Crippen LogP contribution in [0.25, 0.3) is 0 Å². The van der Waals surface area contributed by atoms with Gasteiger partial charge in [-0.05, 0) is 12.8 Å². The number of nitriles is 1. The number of hydrogen-bond acceptors (Lipinski definition) is 4. The number of aromatic nitrogens is 1. The largest absolute Gasteiger partial charge is 0.354 e. The average molecular weight is 249 g/mol. The van der Waals surface area contributed by atoms with E-state index in [4.69, 9.17) is 5.26 Å². The summed E-state index contributed by atoms with van der Waals surface area (Å²) < 4.78 is 0. The van der Waals surface area contributed by atoms with Crippen molar-refractivity contribution in [3.05, 3.63) is 16.6 Å². The lowest BCUT2D eigenvalue weighted by molar-refractivity contribution is -0.127. The molecule has 5 heteroatoms. The quantitative estimate of drug-likeness (QED) is 0.886. The van der Waals surface area contributed by atoms with E-state index in [-0.39, 0.29) is 5.91 Å². The van der Waals surface area contributed by atoms with E-state index in [9.17, 15) is 4.79 Å². The van der Waals surface area contributed by atoms with E-state index < -0.39 is 5.41 Å². The van der Waals surface area contributed by atoms with E-state index in [1.807, 2.05) is 5.38 Å². The molecular weight excluding hydrogens is 234 g/mol. The van der Waals surface area contributed by atoms with Crippen LogP contribution in [0.15, 0.2) is 11.6 Å². The van der Waals surface area contributed by atoms with Crippen LogP contribution in [0.3, 0.4) is 0 Å². The molecule has 2 rings (SSSR count). The first-order valence-corrected chi connectivity index (χ1v) is 6.73. The standard InChI is InChI=1S/C12H15N3OS/c13-9-12(4-1-2-5-12)11(16)15-6-3-10-14-7-8-17-10/h7-8H,1-6H2,(H,15,16). The number of carbonyl (C=O) groups excluding carboxylic acids is 1. The average Bonchev–Trinajstić information content (AvgIpc) is 3.00. The van der Waals surface area contributed by atoms with Crippen LogP contribution in [0.5, 0.6) is 0 Å². The Hall–Kier alpha value is -1.41. The van der Waals surface area contributed by atoms with Crippen LogP contribution in [0.4, 0.5) is 0 Å². The van der Waals surface area contributed by atoms with Gasteiger partial charge in [0.05, 0.1) is 11.1 Å². The maximum absolute atomic E-state index is 12.0. The van der Waals surface area contributed by atoms with E-state index in [1.54, 1.807) is 17.5 Å². The van der Waals surface area contributed by atoms with Crippen molar-refractivity contribution < 1.29 is 4.79 Å². The predicted molar refractivity (Wildman–Crippen MR) is 65.3 cm³/mol. The van der Waals surface area contributed by atoms with Gasteiger partial charge in [0.2, 0.25) is 5.91 Å². The van der Waals surface area contributed by atoms with Gasteiger partial charge in [-0.1, -0.05) is 12.8 Å². The van der Waals surface area contributed by atoms with Crippen LogP contribution in [0.1, 0.15) is 30.7 Å². The highest BCUT2D eigenvalue weighted by Gasteiger charge is 2.41. The van der Waals surface area contributed by atoms with Crippen molar-refractivity contribution in [3.8, 4) is 6.07 Å². The molecule has 0 bridgehead atoms. The first-order valence-electron chi connectivity index (χ1n) is 5.85. The summed E-state index contributed by atoms with van der Waals surface area (Å²) in [5, 5.41) is 14.9. The van der Waals surface area contributed by atoms with Gasteiger partial charge < -0.3 is 5.32 Å². The van der Waals surface area contributed by atoms with Crippen molar-refractivity contribution in [2.24, 2.45) is 5.41 Å². The van der Waals surface area contributed by atoms with E-state index in [2.05, 4.69) is 16.4 Å². The second-order valence-corrected chi connectivity index (χ2v) is 5.31. The fourth-order valence-electron chi connectivity index (χ4n) is 2.20. The number of hydrogen-bond donors (Lipinski definition) is 1. The molecule has 1 amide bonds. The highest BCUT2D eigenvalue weighted by Crippen LogP contribution is 2.37. The van der Waals surface area contributed by atoms with Gasteiger partial charge in [0.1, 0.15) is 5.41 Å². The number of nitrogens with zero attached hydrogens (tertiary/aromatic N) is 2. The number of rotatable bonds is 4. The lowest BCUT2D eigenvalue weighted by Gasteiger charge is -2.18. The highest BCUT2D eigenvalue weighted by molar-refractivity contribution is 7.09. The molecule has 1 aliphatic rings. The molecule has 1 saturated carbocycles. The smallest absolute Gasteiger partial charge is 0.240 e. The minimum atomic E-state index is -0.761. The molecule has 1 aromatic rings. The van der Waals surface area contributed by atoms with Crippen molar-refractivity contribution >= 4 is 17.2 Å². The molecule has 1 heterocycles. The molecule has 0 aliphatic heterocycles. The molecule has 1 N–H and O–H groups in total. The summed E-state index contributed by atoms with van der Waals surface area (Å²) in [5.41, 5.74) is -0.761. The Balaban J connectivity index is 1.83. The first kappa shape index (κ1) is 12.1. The summed E-state index contributed by atoms with van der Waals surface area (Å²) in [5.74, 6) is -0.103. The van der Waals surface area contributed by atoms with Gasteiger partial charge in [-0.15, -0.1) is 11.3 Å². The molecule has 4 nitrogen and oxygen atoms in total. The Labute approximate surface area is 105 Å². The molecular formula is C12H15N3OS. The maximum Gasteiger partial charge on any atom is 0.240 e. The third-order valence-electron chi connectivity index (χ3n) is 3.21. The van der Waals surface area contributed by atoms with Gasteiger partial charge in [-0.2, -0.15) is 5.26 Å². The van der Waals surface area contributed by atoms with Crippen LogP contribution in [0, 0.1) is 16.7 Å². The second kappa shape index (κ2) is 5.28. The maximum atomic E-state index is 12.0. The number of thiazole rings is 1. The fraction of sp³-hybridized carbons (Fsp3) is 0.583. The summed E-state index contributed by atoms with van der Waals surface area (Å²) in [6, 6.07) is 2.20. The molecule has 1 aliphatic carbocycles. The lowest BCUT2D eigenvalue weighted by Crippen LogP contribution is -2.39. The Kier molecular flexibility index (Phi) is 3.75. The predicted octanol–water partition coefficient (Wildman–Crippen LogP) is 1.89. The monoisotopic (exact) mass is 249 g/mol. The van der Waals surface area contributed by atoms with Crippen molar-refractivity contribution in [2.75, 3.05) is 6.54 Å². The van der Waals surface area contributed by atoms with E-state index in [0.29, 0.717) is 19.4 Å². The van der Waals surface area contributed by atoms with Gasteiger partial charge in [0.15, 0.2) is 0 Å². The molecule has 0 atom stereocenters. The zero-order valence-electron chi connectivity index (χ0n) is 9.61. The molecule has 0 saturated heterocycles. The third-order valence-corrected chi connectivity index (χ3v) is 4.05. The number of carbonyl (C=O) groups is 1. The van der Waals surface area contributed by atoms with E-state index >= 15 is 0 Å². The molecule has 1 aromatic heterocycles. The van der Waals surface area contributed by atoms with Crippen LogP contribution in [-0.4, -0.2) is 17.4 Å². The van der Waals surface area contributed by atoms with Gasteiger partial charge in [-0.25, -0.2) is 4.98 Å². The molecule has 0 aromatic carbocycles. The Bertz CT molecular complexity index is 415. The normalized spacial score (nSPS) is 17.6. The molecule has 0 unspecified atom stereocenters. The summed E-state index contributed by atoms with van der Waals surface area (Å²) in [6.07, 6.45) is 5.86. The highest BCUT2D eigenvalue weighted by atomic mass is 32.1. The number of amides is 1. The topological polar surface area (TPSA) is 65.8 Å². The molecule has 0 radical (unpaired) electrons. The van der Waals surface area contributed by atoms with Gasteiger partial charge in [0.25, 0.3) is 0 Å². The van der Waals surface area contributed by atoms with Gasteiger partial charge in [0, 0.05) is 24.5 Å². The van der Waals surface area contributed by atoms with Crippen molar-refractivity contribution in [1.29, 1.82) is 5.26 Å². The number of nitrogens with one attached hydrogen (secondary N) is 1. The van der Waals surface area contributed by atoms with Crippen molar-refractivity contribution in [3.63, 3.8) is 0 Å².